The molecular weight excluding hydrogens is 185 g/mol. The molecule has 1 aromatic carbocycles. The molecule has 45 valence electrons. The van der Waals surface area contributed by atoms with Crippen LogP contribution in [0.5, 0.6) is 0 Å². The summed E-state index contributed by atoms with van der Waals surface area (Å²) < 4.78 is 0. The predicted octanol–water partition coefficient (Wildman–Crippen LogP) is 2.05. The summed E-state index contributed by atoms with van der Waals surface area (Å²) in [7, 11) is 0. The third-order valence-electron chi connectivity index (χ3n) is 1.15. The smallest absolute Gasteiger partial charge is 0 e. The quantitative estimate of drug-likeness (QED) is 0.600. The minimum Gasteiger partial charge on any atom is -0.180 e. The SMILES string of the molecule is CCc1[c-]cccc1.[Y]. The average molecular weight is 194 g/mol. The maximum Gasteiger partial charge on any atom is 0 e. The van der Waals surface area contributed by atoms with Crippen molar-refractivity contribution in [1.29, 1.82) is 0 Å². The molecule has 0 spiro atoms. The Labute approximate surface area is 81.5 Å². The first kappa shape index (κ1) is 9.32. The standard InChI is InChI=1S/C8H9.Y/c1-2-8-6-4-3-5-7-8;/h3-6H,2H2,1H3;/q-1;. The normalized spacial score (nSPS) is 8.11. The summed E-state index contributed by atoms with van der Waals surface area (Å²) in [6.07, 6.45) is 1.08. The summed E-state index contributed by atoms with van der Waals surface area (Å²) in [6.45, 7) is 2.13. The number of hydrogen-bond donors (Lipinski definition) is 0. The molecule has 0 amide bonds. The second kappa shape index (κ2) is 5.14. The van der Waals surface area contributed by atoms with Crippen LogP contribution >= 0.6 is 0 Å². The van der Waals surface area contributed by atoms with E-state index in [0.29, 0.717) is 0 Å². The Hall–Kier alpha value is 0.324. The van der Waals surface area contributed by atoms with Crippen LogP contribution in [-0.2, 0) is 39.1 Å². The Morgan fingerprint density at radius 2 is 2.22 bits per heavy atom. The van der Waals surface area contributed by atoms with Crippen LogP contribution in [0, 0.1) is 6.07 Å². The van der Waals surface area contributed by atoms with Crippen molar-refractivity contribution in [3.05, 3.63) is 35.9 Å². The Kier molecular flexibility index (Phi) is 5.32. The molecule has 0 heterocycles. The summed E-state index contributed by atoms with van der Waals surface area (Å²) >= 11 is 0. The molecule has 0 bridgehead atoms. The van der Waals surface area contributed by atoms with Gasteiger partial charge in [0.15, 0.2) is 0 Å². The molecule has 0 N–H and O–H groups in total. The number of benzene rings is 1. The Bertz CT molecular complexity index is 146. The van der Waals surface area contributed by atoms with Crippen LogP contribution in [0.3, 0.4) is 0 Å². The van der Waals surface area contributed by atoms with Crippen molar-refractivity contribution < 1.29 is 32.7 Å². The zero-order chi connectivity index (χ0) is 5.82. The van der Waals surface area contributed by atoms with Gasteiger partial charge in [-0.05, 0) is 0 Å². The molecule has 0 aliphatic carbocycles. The van der Waals surface area contributed by atoms with Crippen molar-refractivity contribution in [2.24, 2.45) is 0 Å². The summed E-state index contributed by atoms with van der Waals surface area (Å²) in [5.41, 5.74) is 1.28. The van der Waals surface area contributed by atoms with E-state index < -0.39 is 0 Å². The maximum atomic E-state index is 3.12. The van der Waals surface area contributed by atoms with Gasteiger partial charge in [0.1, 0.15) is 0 Å². The van der Waals surface area contributed by atoms with Crippen LogP contribution in [0.4, 0.5) is 0 Å². The van der Waals surface area contributed by atoms with E-state index in [0.717, 1.165) is 6.42 Å². The first-order chi connectivity index (χ1) is 3.93. The predicted molar refractivity (Wildman–Crippen MR) is 34.7 cm³/mol. The molecule has 0 fully saturated rings. The second-order valence-corrected chi connectivity index (χ2v) is 1.74. The van der Waals surface area contributed by atoms with Crippen molar-refractivity contribution in [3.63, 3.8) is 0 Å². The molecular formula is C8H9Y-. The van der Waals surface area contributed by atoms with Crippen molar-refractivity contribution in [1.82, 2.24) is 0 Å². The molecule has 0 saturated heterocycles. The number of hydrogen-bond acceptors (Lipinski definition) is 0. The van der Waals surface area contributed by atoms with Gasteiger partial charge in [0.2, 0.25) is 0 Å². The molecule has 1 rings (SSSR count). The number of aryl methyl sites for hydroxylation is 1. The van der Waals surface area contributed by atoms with Crippen LogP contribution < -0.4 is 0 Å². The molecule has 0 nitrogen and oxygen atoms in total. The average Bonchev–Trinajstić information content (AvgIpc) is 1.90. The fourth-order valence-electron chi connectivity index (χ4n) is 0.650. The van der Waals surface area contributed by atoms with E-state index in [9.17, 15) is 0 Å². The van der Waals surface area contributed by atoms with E-state index in [2.05, 4.69) is 19.1 Å². The fourth-order valence-corrected chi connectivity index (χ4v) is 0.650. The molecule has 1 aromatic rings. The fraction of sp³-hybridized carbons (Fsp3) is 0.250. The Morgan fingerprint density at radius 3 is 2.56 bits per heavy atom. The Balaban J connectivity index is 0.000000640. The first-order valence-electron chi connectivity index (χ1n) is 2.89. The van der Waals surface area contributed by atoms with Gasteiger partial charge in [-0.15, -0.1) is 0 Å². The van der Waals surface area contributed by atoms with Gasteiger partial charge in [-0.25, -0.2) is 0 Å². The van der Waals surface area contributed by atoms with E-state index in [1.54, 1.807) is 0 Å². The van der Waals surface area contributed by atoms with Gasteiger partial charge in [0, 0.05) is 32.7 Å². The van der Waals surface area contributed by atoms with Gasteiger partial charge >= 0.3 is 0 Å². The zero-order valence-corrected chi connectivity index (χ0v) is 8.43. The molecule has 0 aliphatic rings. The summed E-state index contributed by atoms with van der Waals surface area (Å²) in [6, 6.07) is 11.2. The summed E-state index contributed by atoms with van der Waals surface area (Å²) in [5.74, 6) is 0. The van der Waals surface area contributed by atoms with Gasteiger partial charge in [0.25, 0.3) is 0 Å². The van der Waals surface area contributed by atoms with Crippen LogP contribution in [-0.4, -0.2) is 0 Å². The van der Waals surface area contributed by atoms with E-state index in [1.807, 2.05) is 18.2 Å². The molecule has 0 unspecified atom stereocenters. The zero-order valence-electron chi connectivity index (χ0n) is 5.59. The molecule has 0 aromatic heterocycles. The van der Waals surface area contributed by atoms with Gasteiger partial charge < -0.3 is 0 Å². The third-order valence-corrected chi connectivity index (χ3v) is 1.15. The monoisotopic (exact) mass is 194 g/mol. The van der Waals surface area contributed by atoms with E-state index in [4.69, 9.17) is 0 Å². The van der Waals surface area contributed by atoms with Crippen LogP contribution in [0.15, 0.2) is 24.3 Å². The molecule has 0 atom stereocenters. The minimum atomic E-state index is 0. The van der Waals surface area contributed by atoms with Gasteiger partial charge in [-0.3, -0.25) is 0 Å². The largest absolute Gasteiger partial charge is 0.180 e. The molecule has 0 saturated carbocycles. The van der Waals surface area contributed by atoms with Crippen LogP contribution in [0.2, 0.25) is 0 Å². The van der Waals surface area contributed by atoms with Gasteiger partial charge in [-0.1, -0.05) is 13.3 Å². The topological polar surface area (TPSA) is 0 Å². The van der Waals surface area contributed by atoms with Crippen LogP contribution in [0.1, 0.15) is 12.5 Å². The third kappa shape index (κ3) is 3.12. The minimum absolute atomic E-state index is 0. The second-order valence-electron chi connectivity index (χ2n) is 1.74. The van der Waals surface area contributed by atoms with Crippen molar-refractivity contribution in [2.75, 3.05) is 0 Å². The van der Waals surface area contributed by atoms with Gasteiger partial charge in [0.05, 0.1) is 0 Å². The van der Waals surface area contributed by atoms with E-state index in [-0.39, 0.29) is 32.7 Å². The molecule has 1 radical (unpaired) electrons. The van der Waals surface area contributed by atoms with E-state index in [1.165, 1.54) is 5.56 Å². The van der Waals surface area contributed by atoms with Crippen molar-refractivity contribution >= 4 is 0 Å². The summed E-state index contributed by atoms with van der Waals surface area (Å²) in [4.78, 5) is 0. The summed E-state index contributed by atoms with van der Waals surface area (Å²) in [5, 5.41) is 0. The van der Waals surface area contributed by atoms with Gasteiger partial charge in [-0.2, -0.15) is 35.9 Å². The number of rotatable bonds is 1. The molecule has 9 heavy (non-hydrogen) atoms. The Morgan fingerprint density at radius 1 is 1.44 bits per heavy atom. The van der Waals surface area contributed by atoms with Crippen LogP contribution in [0.25, 0.3) is 0 Å². The first-order valence-corrected chi connectivity index (χ1v) is 2.89. The molecule has 1 heteroatoms. The molecule has 0 aliphatic heterocycles. The maximum absolute atomic E-state index is 3.12. The van der Waals surface area contributed by atoms with E-state index >= 15 is 0 Å². The van der Waals surface area contributed by atoms with Crippen molar-refractivity contribution in [3.8, 4) is 0 Å². The van der Waals surface area contributed by atoms with Crippen molar-refractivity contribution in [2.45, 2.75) is 13.3 Å².